The number of aryl methyl sites for hydroxylation is 1. The Morgan fingerprint density at radius 2 is 2.06 bits per heavy atom. The van der Waals surface area contributed by atoms with Crippen molar-refractivity contribution in [1.29, 1.82) is 0 Å². The number of aliphatic carboxylic acids is 1. The fourth-order valence-corrected chi connectivity index (χ4v) is 5.15. The lowest BCUT2D eigenvalue weighted by Crippen LogP contribution is -2.42. The summed E-state index contributed by atoms with van der Waals surface area (Å²) >= 11 is 1.65. The molecule has 1 atom stereocenters. The van der Waals surface area contributed by atoms with E-state index in [0.717, 1.165) is 33.6 Å². The van der Waals surface area contributed by atoms with Crippen LogP contribution in [0.15, 0.2) is 36.7 Å². The van der Waals surface area contributed by atoms with Gasteiger partial charge in [0.15, 0.2) is 0 Å². The van der Waals surface area contributed by atoms with Crippen LogP contribution in [0.5, 0.6) is 0 Å². The van der Waals surface area contributed by atoms with Crippen LogP contribution in [0.1, 0.15) is 30.6 Å². The highest BCUT2D eigenvalue weighted by Gasteiger charge is 2.27. The van der Waals surface area contributed by atoms with Crippen LogP contribution >= 0.6 is 11.3 Å². The highest BCUT2D eigenvalue weighted by molar-refractivity contribution is 7.19. The van der Waals surface area contributed by atoms with Gasteiger partial charge in [0.05, 0.1) is 11.3 Å². The van der Waals surface area contributed by atoms with Gasteiger partial charge in [0, 0.05) is 36.5 Å². The number of rotatable bonds is 7. The van der Waals surface area contributed by atoms with E-state index in [1.165, 1.54) is 4.88 Å². The number of benzene rings is 1. The molecular formula is C23H26N4O3S. The second-order valence-electron chi connectivity index (χ2n) is 7.85. The van der Waals surface area contributed by atoms with E-state index >= 15 is 0 Å². The molecule has 0 spiro atoms. The standard InChI is InChI=1S/C23H26N4O3S/c1-15-19(16-7-3-2-4-8-16)20-21(25-14-26-22(20)31-15)24-11-5-10-18(28)27-12-6-9-17(13-27)23(29)30/h2-4,7-8,14,17H,5-6,9-13H2,1H3,(H,29,30)(H,24,25,26). The highest BCUT2D eigenvalue weighted by Crippen LogP contribution is 2.40. The predicted molar refractivity (Wildman–Crippen MR) is 122 cm³/mol. The third kappa shape index (κ3) is 4.69. The van der Waals surface area contributed by atoms with Crippen LogP contribution in [0.3, 0.4) is 0 Å². The van der Waals surface area contributed by atoms with E-state index in [-0.39, 0.29) is 5.91 Å². The Kier molecular flexibility index (Phi) is 6.46. The molecule has 8 heteroatoms. The van der Waals surface area contributed by atoms with Crippen molar-refractivity contribution in [2.45, 2.75) is 32.6 Å². The second kappa shape index (κ2) is 9.43. The number of piperidine rings is 1. The molecule has 1 fully saturated rings. The third-order valence-corrected chi connectivity index (χ3v) is 6.72. The molecule has 1 aliphatic rings. The molecule has 0 radical (unpaired) electrons. The number of nitrogens with zero attached hydrogens (tertiary/aromatic N) is 3. The van der Waals surface area contributed by atoms with Gasteiger partial charge in [-0.05, 0) is 31.7 Å². The number of nitrogens with one attached hydrogen (secondary N) is 1. The van der Waals surface area contributed by atoms with Gasteiger partial charge in [-0.25, -0.2) is 9.97 Å². The Morgan fingerprint density at radius 3 is 2.84 bits per heavy atom. The molecule has 0 saturated carbocycles. The molecule has 162 valence electrons. The van der Waals surface area contributed by atoms with Crippen LogP contribution in [0.25, 0.3) is 21.3 Å². The van der Waals surface area contributed by atoms with E-state index in [1.54, 1.807) is 22.6 Å². The van der Waals surface area contributed by atoms with Crippen molar-refractivity contribution in [1.82, 2.24) is 14.9 Å². The molecule has 1 aliphatic heterocycles. The number of aromatic nitrogens is 2. The average Bonchev–Trinajstić information content (AvgIpc) is 3.13. The van der Waals surface area contributed by atoms with Crippen LogP contribution < -0.4 is 5.32 Å². The molecule has 2 N–H and O–H groups in total. The van der Waals surface area contributed by atoms with Crippen molar-refractivity contribution >= 4 is 39.2 Å². The fraction of sp³-hybridized carbons (Fsp3) is 0.391. The van der Waals surface area contributed by atoms with Crippen molar-refractivity contribution in [3.05, 3.63) is 41.5 Å². The number of anilines is 1. The van der Waals surface area contributed by atoms with Crippen LogP contribution in [0, 0.1) is 12.8 Å². The molecule has 1 saturated heterocycles. The molecule has 1 amide bonds. The summed E-state index contributed by atoms with van der Waals surface area (Å²) in [5.74, 6) is -0.447. The summed E-state index contributed by atoms with van der Waals surface area (Å²) in [5.41, 5.74) is 2.28. The number of hydrogen-bond acceptors (Lipinski definition) is 6. The Bertz CT molecular complexity index is 1080. The van der Waals surface area contributed by atoms with E-state index in [0.29, 0.717) is 38.9 Å². The van der Waals surface area contributed by atoms with Gasteiger partial charge in [0.25, 0.3) is 0 Å². The number of amides is 1. The summed E-state index contributed by atoms with van der Waals surface area (Å²) < 4.78 is 0. The fourth-order valence-electron chi connectivity index (χ4n) is 4.14. The van der Waals surface area contributed by atoms with Gasteiger partial charge >= 0.3 is 5.97 Å². The maximum Gasteiger partial charge on any atom is 0.308 e. The first-order valence-corrected chi connectivity index (χ1v) is 11.4. The number of fused-ring (bicyclic) bond motifs is 1. The van der Waals surface area contributed by atoms with Crippen LogP contribution in [0.2, 0.25) is 0 Å². The molecule has 31 heavy (non-hydrogen) atoms. The van der Waals surface area contributed by atoms with E-state index in [2.05, 4.69) is 34.3 Å². The van der Waals surface area contributed by atoms with Gasteiger partial charge < -0.3 is 15.3 Å². The lowest BCUT2D eigenvalue weighted by atomic mass is 9.98. The molecule has 0 aliphatic carbocycles. The van der Waals surface area contributed by atoms with E-state index in [9.17, 15) is 14.7 Å². The normalized spacial score (nSPS) is 16.4. The van der Waals surface area contributed by atoms with Crippen molar-refractivity contribution in [2.75, 3.05) is 25.0 Å². The minimum absolute atomic E-state index is 0.0249. The number of thiophene rings is 1. The summed E-state index contributed by atoms with van der Waals surface area (Å²) in [6, 6.07) is 10.2. The first-order valence-electron chi connectivity index (χ1n) is 10.6. The molecular weight excluding hydrogens is 412 g/mol. The monoisotopic (exact) mass is 438 g/mol. The van der Waals surface area contributed by atoms with E-state index in [4.69, 9.17) is 0 Å². The minimum Gasteiger partial charge on any atom is -0.481 e. The number of carbonyl (C=O) groups is 2. The smallest absolute Gasteiger partial charge is 0.308 e. The Balaban J connectivity index is 1.41. The predicted octanol–water partition coefficient (Wildman–Crippen LogP) is 4.18. The summed E-state index contributed by atoms with van der Waals surface area (Å²) in [7, 11) is 0. The third-order valence-electron chi connectivity index (χ3n) is 5.71. The average molecular weight is 439 g/mol. The topological polar surface area (TPSA) is 95.4 Å². The zero-order valence-electron chi connectivity index (χ0n) is 17.5. The molecule has 3 heterocycles. The molecule has 2 aromatic heterocycles. The first-order chi connectivity index (χ1) is 15.0. The number of carboxylic acids is 1. The van der Waals surface area contributed by atoms with Crippen molar-refractivity contribution < 1.29 is 14.7 Å². The summed E-state index contributed by atoms with van der Waals surface area (Å²) in [6.07, 6.45) is 4.01. The molecule has 7 nitrogen and oxygen atoms in total. The molecule has 3 aromatic rings. The summed E-state index contributed by atoms with van der Waals surface area (Å²) in [4.78, 5) is 36.5. The van der Waals surface area contributed by atoms with Crippen molar-refractivity contribution in [3.8, 4) is 11.1 Å². The number of carboxylic acid groups (broad SMARTS) is 1. The Labute approximate surface area is 185 Å². The van der Waals surface area contributed by atoms with Gasteiger partial charge in [-0.15, -0.1) is 11.3 Å². The first kappa shape index (κ1) is 21.2. The molecule has 4 rings (SSSR count). The van der Waals surface area contributed by atoms with Gasteiger partial charge in [-0.1, -0.05) is 30.3 Å². The Morgan fingerprint density at radius 1 is 1.26 bits per heavy atom. The summed E-state index contributed by atoms with van der Waals surface area (Å²) in [6.45, 7) is 3.68. The molecule has 1 unspecified atom stereocenters. The van der Waals surface area contributed by atoms with Crippen molar-refractivity contribution in [3.63, 3.8) is 0 Å². The zero-order valence-corrected chi connectivity index (χ0v) is 18.3. The van der Waals surface area contributed by atoms with Gasteiger partial charge in [-0.3, -0.25) is 9.59 Å². The highest BCUT2D eigenvalue weighted by atomic mass is 32.1. The lowest BCUT2D eigenvalue weighted by Gasteiger charge is -2.30. The van der Waals surface area contributed by atoms with E-state index in [1.807, 2.05) is 18.2 Å². The number of likely N-dealkylation sites (tertiary alicyclic amines) is 1. The van der Waals surface area contributed by atoms with E-state index < -0.39 is 11.9 Å². The van der Waals surface area contributed by atoms with Crippen LogP contribution in [-0.2, 0) is 9.59 Å². The maximum absolute atomic E-state index is 12.5. The quantitative estimate of drug-likeness (QED) is 0.537. The van der Waals surface area contributed by atoms with Gasteiger partial charge in [0.1, 0.15) is 17.0 Å². The van der Waals surface area contributed by atoms with Crippen LogP contribution in [-0.4, -0.2) is 51.5 Å². The molecule has 0 bridgehead atoms. The van der Waals surface area contributed by atoms with Crippen LogP contribution in [0.4, 0.5) is 5.82 Å². The summed E-state index contributed by atoms with van der Waals surface area (Å²) in [5, 5.41) is 13.6. The Hall–Kier alpha value is -3.00. The SMILES string of the molecule is Cc1sc2ncnc(NCCCC(=O)N3CCCC(C(=O)O)C3)c2c1-c1ccccc1. The van der Waals surface area contributed by atoms with Gasteiger partial charge in [-0.2, -0.15) is 0 Å². The maximum atomic E-state index is 12.5. The minimum atomic E-state index is -0.813. The lowest BCUT2D eigenvalue weighted by molar-refractivity contribution is -0.145. The largest absolute Gasteiger partial charge is 0.481 e. The molecule has 1 aromatic carbocycles. The number of hydrogen-bond donors (Lipinski definition) is 2. The zero-order chi connectivity index (χ0) is 21.8. The van der Waals surface area contributed by atoms with Crippen molar-refractivity contribution in [2.24, 2.45) is 5.92 Å². The van der Waals surface area contributed by atoms with Gasteiger partial charge in [0.2, 0.25) is 5.91 Å². The second-order valence-corrected chi connectivity index (χ2v) is 9.05. The number of carbonyl (C=O) groups excluding carboxylic acids is 1.